The van der Waals surface area contributed by atoms with Crippen molar-refractivity contribution in [2.75, 3.05) is 0 Å². The molecule has 1 saturated carbocycles. The van der Waals surface area contributed by atoms with Crippen molar-refractivity contribution in [3.8, 4) is 0 Å². The van der Waals surface area contributed by atoms with Crippen molar-refractivity contribution in [3.05, 3.63) is 35.9 Å². The van der Waals surface area contributed by atoms with Crippen molar-refractivity contribution in [3.63, 3.8) is 0 Å². The molecule has 1 aliphatic rings. The van der Waals surface area contributed by atoms with Crippen LogP contribution < -0.4 is 5.32 Å². The number of halogens is 1. The van der Waals surface area contributed by atoms with Gasteiger partial charge in [0, 0.05) is 6.04 Å². The van der Waals surface area contributed by atoms with Gasteiger partial charge in [-0.3, -0.25) is 4.79 Å². The van der Waals surface area contributed by atoms with Gasteiger partial charge in [-0.05, 0) is 36.7 Å². The molecule has 0 bridgehead atoms. The molecular weight excluding hydrogens is 258 g/mol. The molecule has 104 valence electrons. The Balaban J connectivity index is 1.88. The average Bonchev–Trinajstić information content (AvgIpc) is 2.41. The lowest BCUT2D eigenvalue weighted by Crippen LogP contribution is -2.40. The summed E-state index contributed by atoms with van der Waals surface area (Å²) < 4.78 is 0. The Kier molecular flexibility index (Phi) is 4.51. The van der Waals surface area contributed by atoms with E-state index in [1.54, 1.807) is 0 Å². The van der Waals surface area contributed by atoms with E-state index < -0.39 is 5.38 Å². The number of carbonyl (C=O) groups excluding carboxylic acids is 1. The van der Waals surface area contributed by atoms with Crippen LogP contribution >= 0.6 is 11.6 Å². The van der Waals surface area contributed by atoms with Crippen LogP contribution in [0.4, 0.5) is 0 Å². The van der Waals surface area contributed by atoms with Crippen LogP contribution in [0.5, 0.6) is 0 Å². The van der Waals surface area contributed by atoms with Crippen LogP contribution in [0.3, 0.4) is 0 Å². The van der Waals surface area contributed by atoms with Gasteiger partial charge in [-0.25, -0.2) is 0 Å². The molecule has 0 spiro atoms. The lowest BCUT2D eigenvalue weighted by atomic mass is 9.75. The summed E-state index contributed by atoms with van der Waals surface area (Å²) in [5.74, 6) is -0.0717. The van der Waals surface area contributed by atoms with Gasteiger partial charge < -0.3 is 5.32 Å². The third-order valence-electron chi connectivity index (χ3n) is 4.01. The molecule has 0 aromatic heterocycles. The van der Waals surface area contributed by atoms with Crippen molar-refractivity contribution < 1.29 is 4.79 Å². The summed E-state index contributed by atoms with van der Waals surface area (Å²) in [5.41, 5.74) is 1.28. The molecule has 0 heterocycles. The van der Waals surface area contributed by atoms with E-state index in [4.69, 9.17) is 11.6 Å². The van der Waals surface area contributed by atoms with Crippen LogP contribution in [-0.2, 0) is 4.79 Å². The van der Waals surface area contributed by atoms with Gasteiger partial charge in [0.1, 0.15) is 5.38 Å². The molecule has 0 saturated heterocycles. The highest BCUT2D eigenvalue weighted by Gasteiger charge is 2.29. The van der Waals surface area contributed by atoms with Gasteiger partial charge in [0.25, 0.3) is 0 Å². The summed E-state index contributed by atoms with van der Waals surface area (Å²) in [6.07, 6.45) is 4.43. The Morgan fingerprint density at radius 1 is 1.26 bits per heavy atom. The molecule has 2 rings (SSSR count). The van der Waals surface area contributed by atoms with Crippen LogP contribution in [0.15, 0.2) is 30.3 Å². The van der Waals surface area contributed by atoms with E-state index in [0.29, 0.717) is 5.41 Å². The summed E-state index contributed by atoms with van der Waals surface area (Å²) in [6.45, 7) is 4.58. The fraction of sp³-hybridized carbons (Fsp3) is 0.562. The van der Waals surface area contributed by atoms with Crippen molar-refractivity contribution in [2.45, 2.75) is 50.9 Å². The monoisotopic (exact) mass is 279 g/mol. The zero-order valence-electron chi connectivity index (χ0n) is 11.7. The first-order valence-corrected chi connectivity index (χ1v) is 7.41. The number of amides is 1. The Labute approximate surface area is 120 Å². The first-order chi connectivity index (χ1) is 8.98. The highest BCUT2D eigenvalue weighted by Crippen LogP contribution is 2.35. The molecule has 1 aromatic rings. The molecule has 0 aliphatic heterocycles. The second-order valence-electron chi connectivity index (χ2n) is 6.22. The molecule has 3 heteroatoms. The topological polar surface area (TPSA) is 29.1 Å². The Bertz CT molecular complexity index is 420. The predicted octanol–water partition coefficient (Wildman–Crippen LogP) is 4.05. The molecule has 1 atom stereocenters. The fourth-order valence-electron chi connectivity index (χ4n) is 2.59. The van der Waals surface area contributed by atoms with E-state index in [0.717, 1.165) is 31.2 Å². The van der Waals surface area contributed by atoms with E-state index in [9.17, 15) is 4.79 Å². The Morgan fingerprint density at radius 3 is 2.42 bits per heavy atom. The third kappa shape index (κ3) is 3.97. The first kappa shape index (κ1) is 14.4. The largest absolute Gasteiger partial charge is 0.352 e. The summed E-state index contributed by atoms with van der Waals surface area (Å²) in [4.78, 5) is 12.1. The molecular formula is C16H22ClNO. The number of nitrogens with one attached hydrogen (secondary N) is 1. The van der Waals surface area contributed by atoms with Gasteiger partial charge in [0.05, 0.1) is 0 Å². The van der Waals surface area contributed by atoms with Crippen LogP contribution in [0, 0.1) is 5.41 Å². The highest BCUT2D eigenvalue weighted by molar-refractivity contribution is 6.30. The number of alkyl halides is 1. The molecule has 19 heavy (non-hydrogen) atoms. The zero-order chi connectivity index (χ0) is 13.9. The van der Waals surface area contributed by atoms with Crippen molar-refractivity contribution in [2.24, 2.45) is 5.41 Å². The van der Waals surface area contributed by atoms with E-state index in [2.05, 4.69) is 19.2 Å². The average molecular weight is 280 g/mol. The molecule has 1 N–H and O–H groups in total. The molecule has 0 radical (unpaired) electrons. The van der Waals surface area contributed by atoms with Gasteiger partial charge in [-0.1, -0.05) is 44.2 Å². The van der Waals surface area contributed by atoms with Gasteiger partial charge in [-0.2, -0.15) is 0 Å². The zero-order valence-corrected chi connectivity index (χ0v) is 12.4. The highest BCUT2D eigenvalue weighted by atomic mass is 35.5. The summed E-state index contributed by atoms with van der Waals surface area (Å²) in [7, 11) is 0. The summed E-state index contributed by atoms with van der Waals surface area (Å²) in [6, 6.07) is 9.80. The van der Waals surface area contributed by atoms with Gasteiger partial charge in [-0.15, -0.1) is 11.6 Å². The Hall–Kier alpha value is -1.02. The Morgan fingerprint density at radius 2 is 1.84 bits per heavy atom. The van der Waals surface area contributed by atoms with E-state index in [1.807, 2.05) is 30.3 Å². The normalized spacial score (nSPS) is 20.8. The SMILES string of the molecule is CC1(C)CCC(NC(=O)C(Cl)c2ccccc2)CC1. The third-order valence-corrected chi connectivity index (χ3v) is 4.46. The van der Waals surface area contributed by atoms with Crippen molar-refractivity contribution in [1.29, 1.82) is 0 Å². The molecule has 1 aromatic carbocycles. The van der Waals surface area contributed by atoms with Crippen LogP contribution in [0.1, 0.15) is 50.5 Å². The summed E-state index contributed by atoms with van der Waals surface area (Å²) >= 11 is 6.22. The number of hydrogen-bond acceptors (Lipinski definition) is 1. The molecule has 2 nitrogen and oxygen atoms in total. The van der Waals surface area contributed by atoms with Gasteiger partial charge >= 0.3 is 0 Å². The van der Waals surface area contributed by atoms with Crippen LogP contribution in [0.2, 0.25) is 0 Å². The maximum absolute atomic E-state index is 12.1. The maximum atomic E-state index is 12.1. The maximum Gasteiger partial charge on any atom is 0.242 e. The molecule has 1 fully saturated rings. The minimum Gasteiger partial charge on any atom is -0.352 e. The predicted molar refractivity (Wildman–Crippen MR) is 79.2 cm³/mol. The van der Waals surface area contributed by atoms with E-state index in [1.165, 1.54) is 0 Å². The number of hydrogen-bond donors (Lipinski definition) is 1. The van der Waals surface area contributed by atoms with E-state index >= 15 is 0 Å². The van der Waals surface area contributed by atoms with Crippen LogP contribution in [0.25, 0.3) is 0 Å². The molecule has 1 unspecified atom stereocenters. The minimum absolute atomic E-state index is 0.0717. The lowest BCUT2D eigenvalue weighted by molar-refractivity contribution is -0.121. The minimum atomic E-state index is -0.587. The number of rotatable bonds is 3. The van der Waals surface area contributed by atoms with Crippen molar-refractivity contribution in [1.82, 2.24) is 5.32 Å². The van der Waals surface area contributed by atoms with Crippen LogP contribution in [-0.4, -0.2) is 11.9 Å². The number of carbonyl (C=O) groups is 1. The second kappa shape index (κ2) is 5.96. The van der Waals surface area contributed by atoms with Gasteiger partial charge in [0.15, 0.2) is 0 Å². The summed E-state index contributed by atoms with van der Waals surface area (Å²) in [5, 5.41) is 2.50. The van der Waals surface area contributed by atoms with Crippen molar-refractivity contribution >= 4 is 17.5 Å². The fourth-order valence-corrected chi connectivity index (χ4v) is 2.80. The molecule has 1 amide bonds. The lowest BCUT2D eigenvalue weighted by Gasteiger charge is -2.34. The van der Waals surface area contributed by atoms with E-state index in [-0.39, 0.29) is 11.9 Å². The quantitative estimate of drug-likeness (QED) is 0.831. The smallest absolute Gasteiger partial charge is 0.242 e. The first-order valence-electron chi connectivity index (χ1n) is 6.97. The molecule has 1 aliphatic carbocycles. The standard InChI is InChI=1S/C16H22ClNO/c1-16(2)10-8-13(9-11-16)18-15(19)14(17)12-6-4-3-5-7-12/h3-7,13-14H,8-11H2,1-2H3,(H,18,19). The second-order valence-corrected chi connectivity index (χ2v) is 6.66. The number of benzene rings is 1. The van der Waals surface area contributed by atoms with Gasteiger partial charge in [0.2, 0.25) is 5.91 Å².